The molecule has 0 aliphatic heterocycles. The van der Waals surface area contributed by atoms with Crippen molar-refractivity contribution in [1.82, 2.24) is 20.6 Å². The Kier molecular flexibility index (Phi) is 10.6. The zero-order valence-electron chi connectivity index (χ0n) is 19.0. The predicted octanol–water partition coefficient (Wildman–Crippen LogP) is 4.39. The van der Waals surface area contributed by atoms with Crippen LogP contribution in [0.3, 0.4) is 0 Å². The van der Waals surface area contributed by atoms with Crippen LogP contribution < -0.4 is 15.4 Å². The first-order valence-corrected chi connectivity index (χ1v) is 11.5. The predicted molar refractivity (Wildman–Crippen MR) is 137 cm³/mol. The highest BCUT2D eigenvalue weighted by Crippen LogP contribution is 2.25. The lowest BCUT2D eigenvalue weighted by molar-refractivity contribution is 0.0531. The highest BCUT2D eigenvalue weighted by Gasteiger charge is 2.20. The SMILES string of the molecule is CCOC(=O)c1sc(C(C)NC(=NC)NCc2ccnc(OC3CCCC3)c2)nc1C.I. The molecular formula is C22H32IN5O3S. The van der Waals surface area contributed by atoms with E-state index in [2.05, 4.69) is 25.6 Å². The summed E-state index contributed by atoms with van der Waals surface area (Å²) in [4.78, 5) is 25.8. The van der Waals surface area contributed by atoms with Crippen LogP contribution in [0.4, 0.5) is 0 Å². The largest absolute Gasteiger partial charge is 0.474 e. The summed E-state index contributed by atoms with van der Waals surface area (Å²) in [6.45, 7) is 6.53. The molecule has 0 radical (unpaired) electrons. The van der Waals surface area contributed by atoms with Crippen LogP contribution in [-0.4, -0.2) is 41.7 Å². The number of nitrogens with zero attached hydrogens (tertiary/aromatic N) is 3. The van der Waals surface area contributed by atoms with Gasteiger partial charge in [-0.3, -0.25) is 4.99 Å². The molecule has 10 heteroatoms. The van der Waals surface area contributed by atoms with Crippen molar-refractivity contribution in [2.24, 2.45) is 4.99 Å². The molecule has 1 unspecified atom stereocenters. The lowest BCUT2D eigenvalue weighted by Crippen LogP contribution is -2.38. The molecular weight excluding hydrogens is 541 g/mol. The molecule has 0 bridgehead atoms. The molecule has 8 nitrogen and oxygen atoms in total. The lowest BCUT2D eigenvalue weighted by Gasteiger charge is -2.17. The topological polar surface area (TPSA) is 97.7 Å². The molecule has 2 N–H and O–H groups in total. The number of aryl methyl sites for hydroxylation is 1. The van der Waals surface area contributed by atoms with Gasteiger partial charge in [-0.2, -0.15) is 0 Å². The second kappa shape index (κ2) is 12.9. The Bertz CT molecular complexity index is 915. The van der Waals surface area contributed by atoms with E-state index in [0.717, 1.165) is 23.4 Å². The van der Waals surface area contributed by atoms with Crippen LogP contribution in [0, 0.1) is 6.92 Å². The Morgan fingerprint density at radius 2 is 2.12 bits per heavy atom. The van der Waals surface area contributed by atoms with Gasteiger partial charge in [0.1, 0.15) is 16.0 Å². The molecule has 3 rings (SSSR count). The number of aromatic nitrogens is 2. The minimum atomic E-state index is -0.327. The highest BCUT2D eigenvalue weighted by molar-refractivity contribution is 14.0. The van der Waals surface area contributed by atoms with Crippen molar-refractivity contribution in [3.63, 3.8) is 0 Å². The summed E-state index contributed by atoms with van der Waals surface area (Å²) < 4.78 is 11.1. The Labute approximate surface area is 210 Å². The average Bonchev–Trinajstić information content (AvgIpc) is 3.41. The molecule has 1 atom stereocenters. The van der Waals surface area contributed by atoms with E-state index in [1.165, 1.54) is 24.2 Å². The highest BCUT2D eigenvalue weighted by atomic mass is 127. The number of hydrogen-bond donors (Lipinski definition) is 2. The molecule has 0 spiro atoms. The number of nitrogens with one attached hydrogen (secondary N) is 2. The molecule has 0 saturated heterocycles. The zero-order valence-corrected chi connectivity index (χ0v) is 22.2. The fourth-order valence-corrected chi connectivity index (χ4v) is 4.40. The monoisotopic (exact) mass is 573 g/mol. The van der Waals surface area contributed by atoms with Crippen molar-refractivity contribution in [3.8, 4) is 5.88 Å². The number of carbonyl (C=O) groups excluding carboxylic acids is 1. The number of thiazole rings is 1. The van der Waals surface area contributed by atoms with Crippen LogP contribution in [0.2, 0.25) is 0 Å². The average molecular weight is 574 g/mol. The van der Waals surface area contributed by atoms with Gasteiger partial charge in [0.15, 0.2) is 5.96 Å². The van der Waals surface area contributed by atoms with E-state index in [1.807, 2.05) is 26.0 Å². The molecule has 0 amide bonds. The maximum Gasteiger partial charge on any atom is 0.350 e. The van der Waals surface area contributed by atoms with Gasteiger partial charge in [0.25, 0.3) is 0 Å². The standard InChI is InChI=1S/C22H31N5O3S.HI/c1-5-29-21(28)19-14(2)26-20(31-19)15(3)27-22(23-4)25-13-16-10-11-24-18(12-16)30-17-8-6-7-9-17;/h10-12,15,17H,5-9,13H2,1-4H3,(H2,23,25,27);1H. The Hall–Kier alpha value is -1.95. The number of carbonyl (C=O) groups is 1. The van der Waals surface area contributed by atoms with E-state index in [0.29, 0.717) is 35.6 Å². The molecule has 1 aliphatic rings. The number of ether oxygens (including phenoxy) is 2. The van der Waals surface area contributed by atoms with Gasteiger partial charge >= 0.3 is 5.97 Å². The number of aliphatic imine (C=N–C) groups is 1. The summed E-state index contributed by atoms with van der Waals surface area (Å²) in [5.41, 5.74) is 1.75. The first-order valence-electron chi connectivity index (χ1n) is 10.7. The van der Waals surface area contributed by atoms with Gasteiger partial charge in [0.05, 0.1) is 18.3 Å². The molecule has 1 saturated carbocycles. The quantitative estimate of drug-likeness (QED) is 0.209. The van der Waals surface area contributed by atoms with Gasteiger partial charge in [-0.1, -0.05) is 0 Å². The van der Waals surface area contributed by atoms with Crippen molar-refractivity contribution in [1.29, 1.82) is 0 Å². The second-order valence-corrected chi connectivity index (χ2v) is 8.54. The lowest BCUT2D eigenvalue weighted by atomic mass is 10.2. The van der Waals surface area contributed by atoms with Crippen molar-refractivity contribution < 1.29 is 14.3 Å². The Balaban J connectivity index is 0.00000363. The first kappa shape index (κ1) is 26.3. The molecule has 2 aromatic heterocycles. The Morgan fingerprint density at radius 3 is 2.81 bits per heavy atom. The van der Waals surface area contributed by atoms with E-state index in [-0.39, 0.29) is 42.1 Å². The summed E-state index contributed by atoms with van der Waals surface area (Å²) in [5.74, 6) is 0.993. The van der Waals surface area contributed by atoms with Gasteiger partial charge < -0.3 is 20.1 Å². The van der Waals surface area contributed by atoms with E-state index in [9.17, 15) is 4.79 Å². The minimum absolute atomic E-state index is 0. The molecule has 176 valence electrons. The van der Waals surface area contributed by atoms with Gasteiger partial charge in [0.2, 0.25) is 5.88 Å². The van der Waals surface area contributed by atoms with Crippen molar-refractivity contribution in [2.75, 3.05) is 13.7 Å². The van der Waals surface area contributed by atoms with Crippen LogP contribution >= 0.6 is 35.3 Å². The van der Waals surface area contributed by atoms with E-state index in [4.69, 9.17) is 9.47 Å². The van der Waals surface area contributed by atoms with Crippen molar-refractivity contribution in [3.05, 3.63) is 39.5 Å². The van der Waals surface area contributed by atoms with E-state index >= 15 is 0 Å². The van der Waals surface area contributed by atoms with Crippen molar-refractivity contribution >= 4 is 47.2 Å². The van der Waals surface area contributed by atoms with Crippen LogP contribution in [0.25, 0.3) is 0 Å². The van der Waals surface area contributed by atoms with Crippen LogP contribution in [0.15, 0.2) is 23.3 Å². The van der Waals surface area contributed by atoms with Gasteiger partial charge in [-0.15, -0.1) is 35.3 Å². The second-order valence-electron chi connectivity index (χ2n) is 7.51. The maximum absolute atomic E-state index is 12.1. The maximum atomic E-state index is 12.1. The fourth-order valence-electron chi connectivity index (χ4n) is 3.44. The molecule has 1 aliphatic carbocycles. The molecule has 32 heavy (non-hydrogen) atoms. The Morgan fingerprint density at radius 1 is 1.38 bits per heavy atom. The van der Waals surface area contributed by atoms with Gasteiger partial charge in [-0.05, 0) is 58.1 Å². The number of halogens is 1. The summed E-state index contributed by atoms with van der Waals surface area (Å²) in [5, 5.41) is 7.44. The van der Waals surface area contributed by atoms with Gasteiger partial charge in [-0.25, -0.2) is 14.8 Å². The normalized spacial score (nSPS) is 15.1. The van der Waals surface area contributed by atoms with Gasteiger partial charge in [0, 0.05) is 25.9 Å². The molecule has 1 fully saturated rings. The summed E-state index contributed by atoms with van der Waals surface area (Å²) in [7, 11) is 1.72. The number of guanidine groups is 1. The molecule has 0 aromatic carbocycles. The smallest absolute Gasteiger partial charge is 0.350 e. The summed E-state index contributed by atoms with van der Waals surface area (Å²) in [6, 6.07) is 3.82. The number of esters is 1. The van der Waals surface area contributed by atoms with E-state index < -0.39 is 0 Å². The minimum Gasteiger partial charge on any atom is -0.474 e. The molecule has 2 aromatic rings. The van der Waals surface area contributed by atoms with Crippen LogP contribution in [-0.2, 0) is 11.3 Å². The number of rotatable bonds is 8. The summed E-state index contributed by atoms with van der Waals surface area (Å²) >= 11 is 1.34. The zero-order chi connectivity index (χ0) is 22.2. The number of hydrogen-bond acceptors (Lipinski definition) is 7. The first-order chi connectivity index (χ1) is 15.0. The van der Waals surface area contributed by atoms with Crippen molar-refractivity contribution in [2.45, 2.75) is 65.1 Å². The van der Waals surface area contributed by atoms with E-state index in [1.54, 1.807) is 20.2 Å². The van der Waals surface area contributed by atoms with Crippen LogP contribution in [0.1, 0.15) is 71.5 Å². The van der Waals surface area contributed by atoms with Crippen LogP contribution in [0.5, 0.6) is 5.88 Å². The third-order valence-corrected chi connectivity index (χ3v) is 6.39. The fraction of sp³-hybridized carbons (Fsp3) is 0.545. The summed E-state index contributed by atoms with van der Waals surface area (Å²) in [6.07, 6.45) is 6.72. The third-order valence-electron chi connectivity index (χ3n) is 5.07. The number of pyridine rings is 1. The third kappa shape index (κ3) is 7.29. The molecule has 2 heterocycles.